The largest absolute Gasteiger partial charge is 0.326 e. The lowest BCUT2D eigenvalue weighted by Gasteiger charge is -2.18. The Morgan fingerprint density at radius 2 is 1.71 bits per heavy atom. The fraction of sp³-hybridized carbons (Fsp3) is 0.286. The van der Waals surface area contributed by atoms with Crippen molar-refractivity contribution in [2.45, 2.75) is 26.7 Å². The summed E-state index contributed by atoms with van der Waals surface area (Å²) >= 11 is 6.31. The molecule has 0 spiro atoms. The van der Waals surface area contributed by atoms with E-state index in [9.17, 15) is 14.4 Å². The van der Waals surface area contributed by atoms with Crippen LogP contribution in [0.15, 0.2) is 42.5 Å². The number of halogens is 1. The normalized spacial score (nSPS) is 13.7. The lowest BCUT2D eigenvalue weighted by atomic mass is 10.1. The summed E-state index contributed by atoms with van der Waals surface area (Å²) in [6.07, 6.45) is 1.35. The van der Waals surface area contributed by atoms with Gasteiger partial charge in [-0.1, -0.05) is 25.4 Å². The summed E-state index contributed by atoms with van der Waals surface area (Å²) in [4.78, 5) is 37.7. The molecule has 2 aromatic carbocycles. The Labute approximate surface area is 168 Å². The molecule has 3 amide bonds. The van der Waals surface area contributed by atoms with Gasteiger partial charge in [0.15, 0.2) is 0 Å². The second-order valence-electron chi connectivity index (χ2n) is 6.99. The molecule has 2 N–H and O–H groups in total. The number of nitrogens with zero attached hydrogens (tertiary/aromatic N) is 1. The molecule has 1 aliphatic heterocycles. The quantitative estimate of drug-likeness (QED) is 0.786. The minimum atomic E-state index is -0.289. The molecule has 0 bridgehead atoms. The van der Waals surface area contributed by atoms with Crippen LogP contribution in [0.5, 0.6) is 0 Å². The van der Waals surface area contributed by atoms with E-state index >= 15 is 0 Å². The zero-order valence-corrected chi connectivity index (χ0v) is 16.5. The van der Waals surface area contributed by atoms with Crippen molar-refractivity contribution in [3.8, 4) is 0 Å². The lowest BCUT2D eigenvalue weighted by Crippen LogP contribution is -2.24. The molecule has 1 fully saturated rings. The van der Waals surface area contributed by atoms with Gasteiger partial charge in [0.25, 0.3) is 5.91 Å². The van der Waals surface area contributed by atoms with Crippen molar-refractivity contribution in [2.75, 3.05) is 22.1 Å². The third-order valence-corrected chi connectivity index (χ3v) is 4.81. The summed E-state index contributed by atoms with van der Waals surface area (Å²) in [5.74, 6) is -0.430. The van der Waals surface area contributed by atoms with Gasteiger partial charge in [0.1, 0.15) is 0 Å². The molecule has 0 aliphatic carbocycles. The smallest absolute Gasteiger partial charge is 0.255 e. The van der Waals surface area contributed by atoms with Gasteiger partial charge in [0, 0.05) is 35.8 Å². The molecule has 1 saturated heterocycles. The third-order valence-electron chi connectivity index (χ3n) is 4.51. The van der Waals surface area contributed by atoms with E-state index in [0.29, 0.717) is 40.6 Å². The van der Waals surface area contributed by atoms with Gasteiger partial charge >= 0.3 is 0 Å². The molecule has 146 valence electrons. The maximum Gasteiger partial charge on any atom is 0.255 e. The molecule has 0 radical (unpaired) electrons. The van der Waals surface area contributed by atoms with Gasteiger partial charge < -0.3 is 15.5 Å². The van der Waals surface area contributed by atoms with Crippen LogP contribution in [0.3, 0.4) is 0 Å². The first kappa shape index (κ1) is 19.9. The van der Waals surface area contributed by atoms with Gasteiger partial charge in [-0.3, -0.25) is 14.4 Å². The second-order valence-corrected chi connectivity index (χ2v) is 7.40. The number of anilines is 3. The molecule has 2 aromatic rings. The van der Waals surface area contributed by atoms with Crippen molar-refractivity contribution in [1.82, 2.24) is 0 Å². The summed E-state index contributed by atoms with van der Waals surface area (Å²) in [5.41, 5.74) is 2.30. The Morgan fingerprint density at radius 3 is 2.29 bits per heavy atom. The Balaban J connectivity index is 1.66. The summed E-state index contributed by atoms with van der Waals surface area (Å²) in [6.45, 7) is 4.28. The number of hydrogen-bond acceptors (Lipinski definition) is 3. The van der Waals surface area contributed by atoms with Crippen LogP contribution in [0.2, 0.25) is 5.02 Å². The first-order valence-corrected chi connectivity index (χ1v) is 9.55. The highest BCUT2D eigenvalue weighted by atomic mass is 35.5. The SMILES string of the molecule is CC(C)C(=O)Nc1ccc(C(=O)Nc2ccc(N3CCCC3=O)c(Cl)c2)cc1. The summed E-state index contributed by atoms with van der Waals surface area (Å²) in [6, 6.07) is 11.8. The molecule has 7 heteroatoms. The average Bonchev–Trinajstić information content (AvgIpc) is 3.08. The van der Waals surface area contributed by atoms with E-state index in [2.05, 4.69) is 10.6 Å². The molecule has 1 aliphatic rings. The van der Waals surface area contributed by atoms with Crippen LogP contribution in [-0.4, -0.2) is 24.3 Å². The van der Waals surface area contributed by atoms with E-state index in [1.165, 1.54) is 0 Å². The van der Waals surface area contributed by atoms with Crippen LogP contribution in [0.4, 0.5) is 17.1 Å². The minimum Gasteiger partial charge on any atom is -0.326 e. The standard InChI is InChI=1S/C21H22ClN3O3/c1-13(2)20(27)23-15-7-5-14(6-8-15)21(28)24-16-9-10-18(17(22)12-16)25-11-3-4-19(25)26/h5-10,12-13H,3-4,11H2,1-2H3,(H,23,27)(H,24,28). The Bertz CT molecular complexity index is 910. The van der Waals surface area contributed by atoms with E-state index in [4.69, 9.17) is 11.6 Å². The Morgan fingerprint density at radius 1 is 1.04 bits per heavy atom. The average molecular weight is 400 g/mol. The number of amides is 3. The topological polar surface area (TPSA) is 78.5 Å². The molecular weight excluding hydrogens is 378 g/mol. The van der Waals surface area contributed by atoms with Crippen LogP contribution < -0.4 is 15.5 Å². The van der Waals surface area contributed by atoms with Gasteiger partial charge in [-0.05, 0) is 48.9 Å². The Hall–Kier alpha value is -2.86. The molecule has 0 saturated carbocycles. The molecule has 0 aromatic heterocycles. The van der Waals surface area contributed by atoms with E-state index in [1.807, 2.05) is 13.8 Å². The van der Waals surface area contributed by atoms with Crippen molar-refractivity contribution in [3.05, 3.63) is 53.1 Å². The van der Waals surface area contributed by atoms with Gasteiger partial charge in [-0.25, -0.2) is 0 Å². The van der Waals surface area contributed by atoms with Crippen molar-refractivity contribution < 1.29 is 14.4 Å². The van der Waals surface area contributed by atoms with E-state index < -0.39 is 0 Å². The lowest BCUT2D eigenvalue weighted by molar-refractivity contribution is -0.119. The molecule has 3 rings (SSSR count). The zero-order chi connectivity index (χ0) is 20.3. The van der Waals surface area contributed by atoms with Crippen LogP contribution >= 0.6 is 11.6 Å². The fourth-order valence-electron chi connectivity index (χ4n) is 2.90. The predicted molar refractivity (Wildman–Crippen MR) is 111 cm³/mol. The molecule has 28 heavy (non-hydrogen) atoms. The van der Waals surface area contributed by atoms with E-state index in [-0.39, 0.29) is 23.6 Å². The first-order valence-electron chi connectivity index (χ1n) is 9.17. The zero-order valence-electron chi connectivity index (χ0n) is 15.8. The first-order chi connectivity index (χ1) is 13.3. The van der Waals surface area contributed by atoms with Crippen LogP contribution in [-0.2, 0) is 9.59 Å². The van der Waals surface area contributed by atoms with Gasteiger partial charge in [0.2, 0.25) is 11.8 Å². The summed E-state index contributed by atoms with van der Waals surface area (Å²) in [5, 5.41) is 5.99. The van der Waals surface area contributed by atoms with Crippen molar-refractivity contribution in [3.63, 3.8) is 0 Å². The van der Waals surface area contributed by atoms with Gasteiger partial charge in [-0.15, -0.1) is 0 Å². The summed E-state index contributed by atoms with van der Waals surface area (Å²) < 4.78 is 0. The predicted octanol–water partition coefficient (Wildman–Crippen LogP) is 4.31. The minimum absolute atomic E-state index is 0.0586. The molecular formula is C21H22ClN3O3. The van der Waals surface area contributed by atoms with E-state index in [1.54, 1.807) is 47.4 Å². The van der Waals surface area contributed by atoms with Crippen molar-refractivity contribution in [1.29, 1.82) is 0 Å². The third kappa shape index (κ3) is 4.51. The van der Waals surface area contributed by atoms with Crippen LogP contribution in [0.25, 0.3) is 0 Å². The highest BCUT2D eigenvalue weighted by molar-refractivity contribution is 6.34. The fourth-order valence-corrected chi connectivity index (χ4v) is 3.18. The van der Waals surface area contributed by atoms with Gasteiger partial charge in [0.05, 0.1) is 10.7 Å². The maximum absolute atomic E-state index is 12.5. The number of nitrogens with one attached hydrogen (secondary N) is 2. The Kier molecular flexibility index (Phi) is 5.99. The number of hydrogen-bond donors (Lipinski definition) is 2. The maximum atomic E-state index is 12.5. The van der Waals surface area contributed by atoms with E-state index in [0.717, 1.165) is 6.42 Å². The number of carbonyl (C=O) groups excluding carboxylic acids is 3. The van der Waals surface area contributed by atoms with Crippen molar-refractivity contribution >= 4 is 46.4 Å². The molecule has 6 nitrogen and oxygen atoms in total. The second kappa shape index (κ2) is 8.44. The van der Waals surface area contributed by atoms with Crippen molar-refractivity contribution in [2.24, 2.45) is 5.92 Å². The molecule has 0 unspecified atom stereocenters. The molecule has 1 heterocycles. The highest BCUT2D eigenvalue weighted by Crippen LogP contribution is 2.31. The number of rotatable bonds is 5. The van der Waals surface area contributed by atoms with Gasteiger partial charge in [-0.2, -0.15) is 0 Å². The molecule has 0 atom stereocenters. The monoisotopic (exact) mass is 399 g/mol. The number of carbonyl (C=O) groups is 3. The number of benzene rings is 2. The van der Waals surface area contributed by atoms with Crippen LogP contribution in [0, 0.1) is 5.92 Å². The highest BCUT2D eigenvalue weighted by Gasteiger charge is 2.23. The van der Waals surface area contributed by atoms with Crippen LogP contribution in [0.1, 0.15) is 37.0 Å². The summed E-state index contributed by atoms with van der Waals surface area (Å²) in [7, 11) is 0.